The summed E-state index contributed by atoms with van der Waals surface area (Å²) in [6, 6.07) is 5.29. The molecule has 0 unspecified atom stereocenters. The molecule has 1 aliphatic heterocycles. The molecular formula is C18H21N3O3. The molecular weight excluding hydrogens is 306 g/mol. The van der Waals surface area contributed by atoms with Gasteiger partial charge in [0, 0.05) is 43.1 Å². The van der Waals surface area contributed by atoms with Gasteiger partial charge in [-0.3, -0.25) is 0 Å². The van der Waals surface area contributed by atoms with Crippen LogP contribution in [0.2, 0.25) is 0 Å². The summed E-state index contributed by atoms with van der Waals surface area (Å²) in [6.07, 6.45) is 5.12. The molecule has 2 heterocycles. The average Bonchev–Trinajstić information content (AvgIpc) is 2.65. The summed E-state index contributed by atoms with van der Waals surface area (Å²) in [5, 5.41) is 12.8. The van der Waals surface area contributed by atoms with Gasteiger partial charge in [0.2, 0.25) is 0 Å². The predicted molar refractivity (Wildman–Crippen MR) is 93.0 cm³/mol. The van der Waals surface area contributed by atoms with Gasteiger partial charge >= 0.3 is 5.97 Å². The highest BCUT2D eigenvalue weighted by atomic mass is 16.5. The highest BCUT2D eigenvalue weighted by Crippen LogP contribution is 2.25. The average molecular weight is 327 g/mol. The summed E-state index contributed by atoms with van der Waals surface area (Å²) < 4.78 is 10.1. The first-order valence-electron chi connectivity index (χ1n) is 8.06. The Bertz CT molecular complexity index is 755. The number of fused-ring (bicyclic) bond motifs is 1. The molecule has 1 fully saturated rings. The number of hydrogen-bond acceptors (Lipinski definition) is 6. The Morgan fingerprint density at radius 3 is 2.96 bits per heavy atom. The number of ether oxygens (including phenoxy) is 2. The number of pyridine rings is 1. The topological polar surface area (TPSA) is 84.3 Å². The molecule has 1 aliphatic rings. The SMILES string of the molecule is COC(=O)c1ccc2c(C=N)c(NCC3CCOCC3)ncc2c1. The smallest absolute Gasteiger partial charge is 0.337 e. The minimum atomic E-state index is -0.380. The normalized spacial score (nSPS) is 15.2. The number of aromatic nitrogens is 1. The van der Waals surface area contributed by atoms with Crippen LogP contribution < -0.4 is 5.32 Å². The molecule has 1 aromatic carbocycles. The molecule has 3 rings (SSSR count). The lowest BCUT2D eigenvalue weighted by Crippen LogP contribution is -2.23. The molecule has 0 radical (unpaired) electrons. The Hall–Kier alpha value is -2.47. The van der Waals surface area contributed by atoms with Crippen molar-refractivity contribution in [1.29, 1.82) is 5.41 Å². The highest BCUT2D eigenvalue weighted by Gasteiger charge is 2.15. The summed E-state index contributed by atoms with van der Waals surface area (Å²) in [7, 11) is 1.36. The first kappa shape index (κ1) is 16.4. The number of carbonyl (C=O) groups excluding carboxylic acids is 1. The van der Waals surface area contributed by atoms with E-state index >= 15 is 0 Å². The third kappa shape index (κ3) is 3.38. The molecule has 1 aromatic heterocycles. The number of esters is 1. The van der Waals surface area contributed by atoms with E-state index in [1.165, 1.54) is 13.3 Å². The van der Waals surface area contributed by atoms with Crippen molar-refractivity contribution < 1.29 is 14.3 Å². The van der Waals surface area contributed by atoms with Crippen LogP contribution in [-0.4, -0.2) is 44.0 Å². The summed E-state index contributed by atoms with van der Waals surface area (Å²) in [4.78, 5) is 16.1. The van der Waals surface area contributed by atoms with Crippen LogP contribution >= 0.6 is 0 Å². The van der Waals surface area contributed by atoms with Gasteiger partial charge in [0.25, 0.3) is 0 Å². The van der Waals surface area contributed by atoms with Crippen LogP contribution in [0.15, 0.2) is 24.4 Å². The van der Waals surface area contributed by atoms with E-state index in [4.69, 9.17) is 14.9 Å². The van der Waals surface area contributed by atoms with Crippen LogP contribution in [0, 0.1) is 11.3 Å². The first-order valence-corrected chi connectivity index (χ1v) is 8.06. The van der Waals surface area contributed by atoms with Gasteiger partial charge in [-0.05, 0) is 36.3 Å². The number of nitrogens with zero attached hydrogens (tertiary/aromatic N) is 1. The Balaban J connectivity index is 1.86. The van der Waals surface area contributed by atoms with Crippen molar-refractivity contribution in [3.63, 3.8) is 0 Å². The van der Waals surface area contributed by atoms with Crippen LogP contribution in [0.3, 0.4) is 0 Å². The fraction of sp³-hybridized carbons (Fsp3) is 0.389. The standard InChI is InChI=1S/C18H21N3O3/c1-23-18(22)13-2-3-15-14(8-13)11-21-17(16(15)9-19)20-10-12-4-6-24-7-5-12/h2-3,8-9,11-12,19H,4-7,10H2,1H3,(H,20,21). The maximum absolute atomic E-state index is 11.6. The second kappa shape index (κ2) is 7.40. The van der Waals surface area contributed by atoms with Crippen molar-refractivity contribution >= 4 is 28.8 Å². The minimum absolute atomic E-state index is 0.380. The molecule has 0 amide bonds. The van der Waals surface area contributed by atoms with Crippen molar-refractivity contribution in [3.8, 4) is 0 Å². The van der Waals surface area contributed by atoms with E-state index in [2.05, 4.69) is 10.3 Å². The van der Waals surface area contributed by atoms with Gasteiger partial charge in [-0.15, -0.1) is 0 Å². The highest BCUT2D eigenvalue weighted by molar-refractivity contribution is 6.05. The van der Waals surface area contributed by atoms with Crippen molar-refractivity contribution in [3.05, 3.63) is 35.5 Å². The lowest BCUT2D eigenvalue weighted by atomic mass is 10.00. The van der Waals surface area contributed by atoms with E-state index in [-0.39, 0.29) is 5.97 Å². The third-order valence-electron chi connectivity index (χ3n) is 4.39. The third-order valence-corrected chi connectivity index (χ3v) is 4.39. The number of methoxy groups -OCH3 is 1. The summed E-state index contributed by atoms with van der Waals surface area (Å²) in [5.74, 6) is 0.890. The maximum atomic E-state index is 11.6. The fourth-order valence-corrected chi connectivity index (χ4v) is 2.97. The van der Waals surface area contributed by atoms with Crippen LogP contribution in [-0.2, 0) is 9.47 Å². The van der Waals surface area contributed by atoms with Gasteiger partial charge in [0.05, 0.1) is 12.7 Å². The van der Waals surface area contributed by atoms with Crippen LogP contribution in [0.5, 0.6) is 0 Å². The molecule has 24 heavy (non-hydrogen) atoms. The van der Waals surface area contributed by atoms with Crippen LogP contribution in [0.25, 0.3) is 10.8 Å². The molecule has 0 atom stereocenters. The molecule has 0 saturated carbocycles. The molecule has 6 nitrogen and oxygen atoms in total. The molecule has 0 bridgehead atoms. The Morgan fingerprint density at radius 2 is 2.25 bits per heavy atom. The quantitative estimate of drug-likeness (QED) is 0.651. The number of nitrogens with one attached hydrogen (secondary N) is 2. The lowest BCUT2D eigenvalue weighted by Gasteiger charge is -2.23. The van der Waals surface area contributed by atoms with Gasteiger partial charge in [-0.2, -0.15) is 0 Å². The Labute approximate surface area is 140 Å². The molecule has 0 aliphatic carbocycles. The van der Waals surface area contributed by atoms with E-state index in [1.54, 1.807) is 18.3 Å². The number of hydrogen-bond donors (Lipinski definition) is 2. The van der Waals surface area contributed by atoms with E-state index in [1.807, 2.05) is 6.07 Å². The van der Waals surface area contributed by atoms with Gasteiger partial charge in [0.15, 0.2) is 0 Å². The summed E-state index contributed by atoms with van der Waals surface area (Å²) in [5.41, 5.74) is 1.21. The largest absolute Gasteiger partial charge is 0.465 e. The van der Waals surface area contributed by atoms with E-state index < -0.39 is 0 Å². The van der Waals surface area contributed by atoms with Crippen molar-refractivity contribution in [2.75, 3.05) is 32.2 Å². The van der Waals surface area contributed by atoms with Gasteiger partial charge in [-0.1, -0.05) is 6.07 Å². The Morgan fingerprint density at radius 1 is 1.46 bits per heavy atom. The first-order chi connectivity index (χ1) is 11.7. The maximum Gasteiger partial charge on any atom is 0.337 e. The molecule has 6 heteroatoms. The van der Waals surface area contributed by atoms with Gasteiger partial charge in [-0.25, -0.2) is 9.78 Å². The van der Waals surface area contributed by atoms with E-state index in [9.17, 15) is 4.79 Å². The summed E-state index contributed by atoms with van der Waals surface area (Å²) >= 11 is 0. The number of benzene rings is 1. The van der Waals surface area contributed by atoms with Crippen molar-refractivity contribution in [2.24, 2.45) is 5.92 Å². The lowest BCUT2D eigenvalue weighted by molar-refractivity contribution is 0.0601. The predicted octanol–water partition coefficient (Wildman–Crippen LogP) is 2.86. The van der Waals surface area contributed by atoms with Gasteiger partial charge in [0.1, 0.15) is 5.82 Å². The molecule has 2 aromatic rings. The molecule has 0 spiro atoms. The van der Waals surface area contributed by atoms with Crippen molar-refractivity contribution in [1.82, 2.24) is 4.98 Å². The monoisotopic (exact) mass is 327 g/mol. The summed E-state index contributed by atoms with van der Waals surface area (Å²) in [6.45, 7) is 2.44. The van der Waals surface area contributed by atoms with E-state index in [0.29, 0.717) is 17.3 Å². The molecule has 1 saturated heterocycles. The van der Waals surface area contributed by atoms with E-state index in [0.717, 1.165) is 48.9 Å². The fourth-order valence-electron chi connectivity index (χ4n) is 2.97. The minimum Gasteiger partial charge on any atom is -0.465 e. The van der Waals surface area contributed by atoms with Crippen LogP contribution in [0.1, 0.15) is 28.8 Å². The van der Waals surface area contributed by atoms with Crippen LogP contribution in [0.4, 0.5) is 5.82 Å². The Kier molecular flexibility index (Phi) is 5.05. The number of anilines is 1. The zero-order valence-corrected chi connectivity index (χ0v) is 13.7. The molecule has 2 N–H and O–H groups in total. The molecule has 126 valence electrons. The second-order valence-corrected chi connectivity index (χ2v) is 5.90. The van der Waals surface area contributed by atoms with Crippen molar-refractivity contribution in [2.45, 2.75) is 12.8 Å². The zero-order valence-electron chi connectivity index (χ0n) is 13.7. The zero-order chi connectivity index (χ0) is 16.9. The second-order valence-electron chi connectivity index (χ2n) is 5.90. The number of rotatable bonds is 5. The van der Waals surface area contributed by atoms with Gasteiger partial charge < -0.3 is 20.2 Å². The number of carbonyl (C=O) groups is 1.